The van der Waals surface area contributed by atoms with Crippen molar-refractivity contribution in [1.82, 2.24) is 9.97 Å². The summed E-state index contributed by atoms with van der Waals surface area (Å²) in [6, 6.07) is 27.9. The average molecular weight is 645 g/mol. The van der Waals surface area contributed by atoms with Gasteiger partial charge >= 0.3 is 6.71 Å². The Morgan fingerprint density at radius 2 is 0.878 bits per heavy atom. The second-order valence-corrected chi connectivity index (χ2v) is 17.4. The molecule has 0 N–H and O–H groups in total. The van der Waals surface area contributed by atoms with Gasteiger partial charge in [-0.2, -0.15) is 0 Å². The SMILES string of the molecule is CC1(C)CCC(C)(C)c2c1nc1c(c2-c2ccccc2)Oc2cccc3c2B1c1nc2c(c(-c4ccccc4)c1O3)C(C)(C)CCC2(C)C. The first-order chi connectivity index (χ1) is 23.3. The summed E-state index contributed by atoms with van der Waals surface area (Å²) in [6.45, 7) is 18.7. The monoisotopic (exact) mass is 644 g/mol. The molecule has 0 amide bonds. The molecule has 49 heavy (non-hydrogen) atoms. The van der Waals surface area contributed by atoms with Crippen LogP contribution in [0.25, 0.3) is 22.3 Å². The summed E-state index contributed by atoms with van der Waals surface area (Å²) in [4.78, 5) is 11.5. The Labute approximate surface area is 291 Å². The van der Waals surface area contributed by atoms with Gasteiger partial charge in [-0.15, -0.1) is 0 Å². The Bertz CT molecular complexity index is 2030. The number of benzene rings is 3. The van der Waals surface area contributed by atoms with Crippen LogP contribution < -0.4 is 26.1 Å². The number of aromatic nitrogens is 2. The number of hydrogen-bond acceptors (Lipinski definition) is 4. The van der Waals surface area contributed by atoms with E-state index in [1.807, 2.05) is 0 Å². The first-order valence-electron chi connectivity index (χ1n) is 18.1. The van der Waals surface area contributed by atoms with Gasteiger partial charge in [-0.1, -0.05) is 122 Å². The molecule has 3 aromatic carbocycles. The van der Waals surface area contributed by atoms with E-state index < -0.39 is 0 Å². The van der Waals surface area contributed by atoms with Crippen molar-refractivity contribution >= 4 is 23.4 Å². The zero-order valence-electron chi connectivity index (χ0n) is 30.1. The molecule has 4 nitrogen and oxygen atoms in total. The molecule has 0 radical (unpaired) electrons. The molecule has 2 aliphatic heterocycles. The highest BCUT2D eigenvalue weighted by Crippen LogP contribution is 2.54. The maximum Gasteiger partial charge on any atom is 0.307 e. The van der Waals surface area contributed by atoms with Crippen LogP contribution in [0.1, 0.15) is 104 Å². The van der Waals surface area contributed by atoms with Gasteiger partial charge in [-0.05, 0) is 70.9 Å². The molecule has 0 unspecified atom stereocenters. The zero-order valence-corrected chi connectivity index (χ0v) is 30.1. The lowest BCUT2D eigenvalue weighted by Gasteiger charge is -2.45. The number of hydrogen-bond donors (Lipinski definition) is 0. The summed E-state index contributed by atoms with van der Waals surface area (Å²) in [6.07, 6.45) is 4.33. The van der Waals surface area contributed by atoms with E-state index in [2.05, 4.69) is 134 Å². The fourth-order valence-corrected chi connectivity index (χ4v) is 9.18. The molecule has 0 bridgehead atoms. The van der Waals surface area contributed by atoms with Crippen molar-refractivity contribution in [3.05, 3.63) is 101 Å². The van der Waals surface area contributed by atoms with Crippen LogP contribution >= 0.6 is 0 Å². The molecule has 2 aliphatic carbocycles. The van der Waals surface area contributed by atoms with Crippen LogP contribution in [0.4, 0.5) is 0 Å². The van der Waals surface area contributed by atoms with E-state index in [1.165, 1.54) is 44.8 Å². The van der Waals surface area contributed by atoms with Crippen LogP contribution in [0.3, 0.4) is 0 Å². The lowest BCUT2D eigenvalue weighted by atomic mass is 9.37. The zero-order chi connectivity index (χ0) is 34.1. The van der Waals surface area contributed by atoms with Gasteiger partial charge in [0.15, 0.2) is 0 Å². The highest BCUT2D eigenvalue weighted by molar-refractivity contribution is 6.97. The summed E-state index contributed by atoms with van der Waals surface area (Å²) in [5, 5.41) is 0. The van der Waals surface area contributed by atoms with Crippen molar-refractivity contribution in [2.75, 3.05) is 0 Å². The summed E-state index contributed by atoms with van der Waals surface area (Å²) < 4.78 is 14.2. The lowest BCUT2D eigenvalue weighted by molar-refractivity contribution is 0.322. The quantitative estimate of drug-likeness (QED) is 0.176. The minimum atomic E-state index is -0.235. The van der Waals surface area contributed by atoms with Crippen molar-refractivity contribution in [3.8, 4) is 45.3 Å². The molecule has 0 atom stereocenters. The molecule has 4 heterocycles. The van der Waals surface area contributed by atoms with Crippen LogP contribution in [-0.4, -0.2) is 16.7 Å². The average Bonchev–Trinajstić information content (AvgIpc) is 3.08. The molecule has 0 saturated heterocycles. The van der Waals surface area contributed by atoms with Gasteiger partial charge in [0.05, 0.1) is 11.2 Å². The predicted molar refractivity (Wildman–Crippen MR) is 201 cm³/mol. The maximum absolute atomic E-state index is 7.08. The Balaban J connectivity index is 1.44. The maximum atomic E-state index is 7.08. The minimum Gasteiger partial charge on any atom is -0.456 e. The standard InChI is InChI=1S/C44H45BN2O2/c1-41(2)22-24-43(5,6)37-32(41)30(26-16-11-9-12-17-26)35-39(46-37)45-34-28(48-35)20-15-21-29(34)49-36-31(27-18-13-10-14-19-27)33-38(47-40(36)45)44(7,8)25-23-42(33,3)4/h9-21H,22-25H2,1-8H3. The van der Waals surface area contributed by atoms with Crippen molar-refractivity contribution in [2.24, 2.45) is 0 Å². The molecule has 246 valence electrons. The number of fused-ring (bicyclic) bond motifs is 6. The molecular formula is C44H45BN2O2. The fourth-order valence-electron chi connectivity index (χ4n) is 9.18. The Morgan fingerprint density at radius 1 is 0.490 bits per heavy atom. The van der Waals surface area contributed by atoms with Gasteiger partial charge < -0.3 is 9.47 Å². The van der Waals surface area contributed by atoms with E-state index in [9.17, 15) is 0 Å². The lowest BCUT2D eigenvalue weighted by Crippen LogP contribution is -2.61. The van der Waals surface area contributed by atoms with E-state index in [4.69, 9.17) is 19.4 Å². The molecular weight excluding hydrogens is 599 g/mol. The van der Waals surface area contributed by atoms with E-state index in [-0.39, 0.29) is 28.4 Å². The first kappa shape index (κ1) is 30.7. The summed E-state index contributed by atoms with van der Waals surface area (Å²) in [5.41, 5.74) is 12.3. The van der Waals surface area contributed by atoms with E-state index >= 15 is 0 Å². The second kappa shape index (κ2) is 10.1. The normalized spacial score (nSPS) is 19.6. The third-order valence-electron chi connectivity index (χ3n) is 12.2. The van der Waals surface area contributed by atoms with Crippen molar-refractivity contribution in [1.29, 1.82) is 0 Å². The van der Waals surface area contributed by atoms with Crippen LogP contribution in [0, 0.1) is 0 Å². The number of nitrogens with zero attached hydrogens (tertiary/aromatic N) is 2. The summed E-state index contributed by atoms with van der Waals surface area (Å²) >= 11 is 0. The van der Waals surface area contributed by atoms with Gasteiger partial charge in [0.25, 0.3) is 0 Å². The van der Waals surface area contributed by atoms with Crippen LogP contribution in [0.5, 0.6) is 23.0 Å². The Morgan fingerprint density at radius 3 is 1.29 bits per heavy atom. The van der Waals surface area contributed by atoms with Gasteiger partial charge in [0.1, 0.15) is 23.0 Å². The number of pyridine rings is 2. The number of ether oxygens (including phenoxy) is 2. The molecule has 0 spiro atoms. The minimum absolute atomic E-state index is 0.0649. The van der Waals surface area contributed by atoms with Gasteiger partial charge in [-0.25, -0.2) is 0 Å². The molecule has 5 aromatic rings. The number of rotatable bonds is 2. The molecule has 5 heteroatoms. The smallest absolute Gasteiger partial charge is 0.307 e. The van der Waals surface area contributed by atoms with E-state index in [1.54, 1.807) is 0 Å². The van der Waals surface area contributed by atoms with E-state index in [0.29, 0.717) is 0 Å². The largest absolute Gasteiger partial charge is 0.456 e. The highest BCUT2D eigenvalue weighted by Gasteiger charge is 2.51. The van der Waals surface area contributed by atoms with Crippen molar-refractivity contribution in [2.45, 2.75) is 103 Å². The summed E-state index contributed by atoms with van der Waals surface area (Å²) in [5.74, 6) is 3.37. The third kappa shape index (κ3) is 4.36. The summed E-state index contributed by atoms with van der Waals surface area (Å²) in [7, 11) is 0. The predicted octanol–water partition coefficient (Wildman–Crippen LogP) is 9.24. The fraction of sp³-hybridized carbons (Fsp3) is 0.364. The first-order valence-corrected chi connectivity index (χ1v) is 18.1. The van der Waals surface area contributed by atoms with Crippen molar-refractivity contribution < 1.29 is 9.47 Å². The van der Waals surface area contributed by atoms with Gasteiger partial charge in [0.2, 0.25) is 0 Å². The highest BCUT2D eigenvalue weighted by atomic mass is 16.5. The Kier molecular flexibility index (Phi) is 6.32. The van der Waals surface area contributed by atoms with Crippen molar-refractivity contribution in [3.63, 3.8) is 0 Å². The van der Waals surface area contributed by atoms with Gasteiger partial charge in [-0.3, -0.25) is 9.97 Å². The molecule has 0 fully saturated rings. The molecule has 2 aromatic heterocycles. The Hall–Kier alpha value is -4.38. The van der Waals surface area contributed by atoms with Gasteiger partial charge in [0, 0.05) is 38.8 Å². The van der Waals surface area contributed by atoms with Crippen LogP contribution in [0.15, 0.2) is 78.9 Å². The molecule has 9 rings (SSSR count). The second-order valence-electron chi connectivity index (χ2n) is 17.4. The van der Waals surface area contributed by atoms with Crippen LogP contribution in [0.2, 0.25) is 0 Å². The topological polar surface area (TPSA) is 44.2 Å². The molecule has 0 saturated carbocycles. The van der Waals surface area contributed by atoms with E-state index in [0.717, 1.165) is 65.3 Å². The third-order valence-corrected chi connectivity index (χ3v) is 12.2. The van der Waals surface area contributed by atoms with Crippen LogP contribution in [-0.2, 0) is 21.7 Å². The molecule has 4 aliphatic rings.